The Kier molecular flexibility index (Phi) is 3.97. The van der Waals surface area contributed by atoms with E-state index in [1.165, 1.54) is 0 Å². The van der Waals surface area contributed by atoms with Crippen molar-refractivity contribution in [2.45, 2.75) is 25.8 Å². The number of nitrogens with one attached hydrogen (secondary N) is 1. The molecule has 1 aliphatic rings. The Morgan fingerprint density at radius 2 is 2.35 bits per heavy atom. The number of benzene rings is 1. The van der Waals surface area contributed by atoms with Crippen molar-refractivity contribution < 1.29 is 4.74 Å². The molecule has 17 heavy (non-hydrogen) atoms. The van der Waals surface area contributed by atoms with Gasteiger partial charge in [-0.2, -0.15) is 0 Å². The van der Waals surface area contributed by atoms with Crippen molar-refractivity contribution in [1.82, 2.24) is 0 Å². The first-order chi connectivity index (χ1) is 8.16. The van der Waals surface area contributed by atoms with Gasteiger partial charge in [-0.3, -0.25) is 0 Å². The average Bonchev–Trinajstić information content (AvgIpc) is 2.30. The van der Waals surface area contributed by atoms with Crippen molar-refractivity contribution in [3.63, 3.8) is 0 Å². The number of nitrogens with two attached hydrogens (primary N) is 1. The Bertz CT molecular complexity index is 414. The molecule has 1 heterocycles. The molecule has 0 saturated carbocycles. The second kappa shape index (κ2) is 5.47. The van der Waals surface area contributed by atoms with E-state index in [1.54, 1.807) is 0 Å². The molecule has 1 atom stereocenters. The van der Waals surface area contributed by atoms with Gasteiger partial charge in [0.05, 0.1) is 6.61 Å². The number of rotatable bonds is 3. The van der Waals surface area contributed by atoms with Crippen LogP contribution >= 0.6 is 12.2 Å². The van der Waals surface area contributed by atoms with Gasteiger partial charge in [0.25, 0.3) is 0 Å². The molecule has 4 heteroatoms. The third kappa shape index (κ3) is 3.17. The molecule has 0 bridgehead atoms. The monoisotopic (exact) mass is 250 g/mol. The van der Waals surface area contributed by atoms with E-state index in [-0.39, 0.29) is 0 Å². The van der Waals surface area contributed by atoms with Crippen molar-refractivity contribution in [3.05, 3.63) is 29.3 Å². The van der Waals surface area contributed by atoms with Gasteiger partial charge in [0.2, 0.25) is 0 Å². The standard InChI is InChI=1S/C13H18N2OS/c1-9-7-10(4-5-12(9)13(14)17)15-11-3-2-6-16-8-11/h4-5,7,11,15H,2-3,6,8H2,1H3,(H2,14,17). The summed E-state index contributed by atoms with van der Waals surface area (Å²) in [5.74, 6) is 0. The first kappa shape index (κ1) is 12.3. The van der Waals surface area contributed by atoms with Crippen molar-refractivity contribution in [2.24, 2.45) is 5.73 Å². The van der Waals surface area contributed by atoms with Crippen molar-refractivity contribution in [1.29, 1.82) is 0 Å². The minimum Gasteiger partial charge on any atom is -0.389 e. The second-order valence-electron chi connectivity index (χ2n) is 4.45. The molecule has 1 saturated heterocycles. The summed E-state index contributed by atoms with van der Waals surface area (Å²) in [6.45, 7) is 3.70. The van der Waals surface area contributed by atoms with E-state index >= 15 is 0 Å². The molecule has 0 spiro atoms. The number of anilines is 1. The maximum absolute atomic E-state index is 5.64. The lowest BCUT2D eigenvalue weighted by Gasteiger charge is -2.24. The van der Waals surface area contributed by atoms with Crippen molar-refractivity contribution in [3.8, 4) is 0 Å². The van der Waals surface area contributed by atoms with Gasteiger partial charge in [0.15, 0.2) is 0 Å². The van der Waals surface area contributed by atoms with E-state index in [4.69, 9.17) is 22.7 Å². The van der Waals surface area contributed by atoms with Crippen LogP contribution in [0, 0.1) is 6.92 Å². The molecule has 92 valence electrons. The zero-order valence-electron chi connectivity index (χ0n) is 10.0. The average molecular weight is 250 g/mol. The first-order valence-electron chi connectivity index (χ1n) is 5.91. The highest BCUT2D eigenvalue weighted by molar-refractivity contribution is 7.80. The summed E-state index contributed by atoms with van der Waals surface area (Å²) in [5.41, 5.74) is 8.81. The van der Waals surface area contributed by atoms with Gasteiger partial charge in [-0.25, -0.2) is 0 Å². The number of ether oxygens (including phenoxy) is 1. The molecule has 0 aromatic heterocycles. The minimum absolute atomic E-state index is 0.416. The van der Waals surface area contributed by atoms with E-state index in [0.717, 1.165) is 42.9 Å². The SMILES string of the molecule is Cc1cc(NC2CCCOC2)ccc1C(N)=S. The van der Waals surface area contributed by atoms with E-state index in [0.29, 0.717) is 11.0 Å². The lowest BCUT2D eigenvalue weighted by atomic mass is 10.1. The molecule has 0 aliphatic carbocycles. The summed E-state index contributed by atoms with van der Waals surface area (Å²) >= 11 is 4.99. The normalized spacial score (nSPS) is 19.9. The van der Waals surface area contributed by atoms with Crippen LogP contribution in [0.5, 0.6) is 0 Å². The lowest BCUT2D eigenvalue weighted by molar-refractivity contribution is 0.0876. The summed E-state index contributed by atoms with van der Waals surface area (Å²) in [6.07, 6.45) is 2.29. The van der Waals surface area contributed by atoms with Gasteiger partial charge in [0, 0.05) is 23.9 Å². The number of hydrogen-bond donors (Lipinski definition) is 2. The Balaban J connectivity index is 2.06. The molecule has 3 N–H and O–H groups in total. The van der Waals surface area contributed by atoms with Gasteiger partial charge in [0.1, 0.15) is 4.99 Å². The van der Waals surface area contributed by atoms with Gasteiger partial charge < -0.3 is 15.8 Å². The van der Waals surface area contributed by atoms with Crippen LogP contribution in [0.25, 0.3) is 0 Å². The molecule has 1 fully saturated rings. The molecular weight excluding hydrogens is 232 g/mol. The summed E-state index contributed by atoms with van der Waals surface area (Å²) in [4.78, 5) is 0.454. The molecule has 2 rings (SSSR count). The van der Waals surface area contributed by atoms with Gasteiger partial charge >= 0.3 is 0 Å². The Labute approximate surface area is 107 Å². The van der Waals surface area contributed by atoms with Gasteiger partial charge in [-0.15, -0.1) is 0 Å². The predicted octanol–water partition coefficient (Wildman–Crippen LogP) is 2.22. The van der Waals surface area contributed by atoms with Crippen LogP contribution in [0.1, 0.15) is 24.0 Å². The fourth-order valence-corrected chi connectivity index (χ4v) is 2.35. The zero-order valence-corrected chi connectivity index (χ0v) is 10.8. The molecule has 1 unspecified atom stereocenters. The van der Waals surface area contributed by atoms with Crippen LogP contribution in [0.4, 0.5) is 5.69 Å². The van der Waals surface area contributed by atoms with E-state index < -0.39 is 0 Å². The van der Waals surface area contributed by atoms with Crippen molar-refractivity contribution in [2.75, 3.05) is 18.5 Å². The molecule has 1 aliphatic heterocycles. The van der Waals surface area contributed by atoms with E-state index in [1.807, 2.05) is 19.1 Å². The zero-order chi connectivity index (χ0) is 12.3. The number of thiocarbonyl (C=S) groups is 1. The first-order valence-corrected chi connectivity index (χ1v) is 6.32. The third-order valence-electron chi connectivity index (χ3n) is 3.02. The molecule has 3 nitrogen and oxygen atoms in total. The van der Waals surface area contributed by atoms with Gasteiger partial charge in [-0.1, -0.05) is 12.2 Å². The van der Waals surface area contributed by atoms with E-state index in [2.05, 4.69) is 11.4 Å². The fraction of sp³-hybridized carbons (Fsp3) is 0.462. The van der Waals surface area contributed by atoms with E-state index in [9.17, 15) is 0 Å². The number of hydrogen-bond acceptors (Lipinski definition) is 3. The third-order valence-corrected chi connectivity index (χ3v) is 3.24. The minimum atomic E-state index is 0.416. The molecule has 1 aromatic carbocycles. The highest BCUT2D eigenvalue weighted by Gasteiger charge is 2.13. The Morgan fingerprint density at radius 1 is 1.53 bits per heavy atom. The highest BCUT2D eigenvalue weighted by Crippen LogP contribution is 2.18. The maximum Gasteiger partial charge on any atom is 0.104 e. The maximum atomic E-state index is 5.64. The summed E-state index contributed by atoms with van der Waals surface area (Å²) in [6, 6.07) is 6.50. The quantitative estimate of drug-likeness (QED) is 0.808. The smallest absolute Gasteiger partial charge is 0.104 e. The number of aryl methyl sites for hydroxylation is 1. The van der Waals surface area contributed by atoms with Crippen molar-refractivity contribution >= 4 is 22.9 Å². The summed E-state index contributed by atoms with van der Waals surface area (Å²) in [5, 5.41) is 3.48. The Hall–Kier alpha value is -1.13. The lowest BCUT2D eigenvalue weighted by Crippen LogP contribution is -2.30. The molecule has 1 aromatic rings. The van der Waals surface area contributed by atoms with Crippen LogP contribution in [0.3, 0.4) is 0 Å². The van der Waals surface area contributed by atoms with Crippen LogP contribution in [0.2, 0.25) is 0 Å². The van der Waals surface area contributed by atoms with Crippen LogP contribution in [-0.2, 0) is 4.74 Å². The predicted molar refractivity (Wildman–Crippen MR) is 74.5 cm³/mol. The summed E-state index contributed by atoms with van der Waals surface area (Å²) in [7, 11) is 0. The highest BCUT2D eigenvalue weighted by atomic mass is 32.1. The summed E-state index contributed by atoms with van der Waals surface area (Å²) < 4.78 is 5.44. The Morgan fingerprint density at radius 3 is 2.94 bits per heavy atom. The molecular formula is C13H18N2OS. The largest absolute Gasteiger partial charge is 0.389 e. The topological polar surface area (TPSA) is 47.3 Å². The van der Waals surface area contributed by atoms with Gasteiger partial charge in [-0.05, 0) is 43.5 Å². The molecule has 0 amide bonds. The van der Waals surface area contributed by atoms with Crippen LogP contribution in [0.15, 0.2) is 18.2 Å². The molecule has 0 radical (unpaired) electrons. The second-order valence-corrected chi connectivity index (χ2v) is 4.89. The fourth-order valence-electron chi connectivity index (χ4n) is 2.12. The van der Waals surface area contributed by atoms with Crippen LogP contribution in [-0.4, -0.2) is 24.2 Å². The van der Waals surface area contributed by atoms with Crippen LogP contribution < -0.4 is 11.1 Å².